The van der Waals surface area contributed by atoms with Crippen LogP contribution in [0.2, 0.25) is 0 Å². The molecule has 144 valence electrons. The number of ether oxygens (including phenoxy) is 2. The van der Waals surface area contributed by atoms with Gasteiger partial charge in [0.2, 0.25) is 0 Å². The smallest absolute Gasteiger partial charge is 0.138 e. The lowest BCUT2D eigenvalue weighted by Gasteiger charge is -2.19. The molecule has 0 amide bonds. The average Bonchev–Trinajstić information content (AvgIpc) is 2.65. The first-order valence-corrected chi connectivity index (χ1v) is 9.02. The first kappa shape index (κ1) is 20.5. The Bertz CT molecular complexity index is 788. The van der Waals surface area contributed by atoms with Gasteiger partial charge in [-0.2, -0.15) is 0 Å². The Morgan fingerprint density at radius 2 is 1.93 bits per heavy atom. The van der Waals surface area contributed by atoms with Crippen LogP contribution in [0.5, 0.6) is 11.5 Å². The Morgan fingerprint density at radius 1 is 1.22 bits per heavy atom. The summed E-state index contributed by atoms with van der Waals surface area (Å²) >= 11 is 0. The highest BCUT2D eigenvalue weighted by atomic mass is 16.6. The van der Waals surface area contributed by atoms with Crippen molar-refractivity contribution in [2.75, 3.05) is 13.7 Å². The van der Waals surface area contributed by atoms with Crippen LogP contribution in [0.1, 0.15) is 49.3 Å². The molecule has 0 bridgehead atoms. The summed E-state index contributed by atoms with van der Waals surface area (Å²) in [4.78, 5) is 9.31. The van der Waals surface area contributed by atoms with Crippen LogP contribution >= 0.6 is 0 Å². The third-order valence-electron chi connectivity index (χ3n) is 4.16. The van der Waals surface area contributed by atoms with E-state index in [1.54, 1.807) is 6.20 Å². The SMILES string of the molecule is C/C=C/COc1cc(C)c(OC(C)c2ccc(/C(C)=N/OC)cn2)c(C)c1. The van der Waals surface area contributed by atoms with Crippen molar-refractivity contribution in [2.45, 2.75) is 40.7 Å². The lowest BCUT2D eigenvalue weighted by atomic mass is 10.1. The predicted octanol–water partition coefficient (Wildman–Crippen LogP) is 5.16. The number of benzene rings is 1. The number of allylic oxidation sites excluding steroid dienone is 1. The Morgan fingerprint density at radius 3 is 2.48 bits per heavy atom. The van der Waals surface area contributed by atoms with E-state index in [1.807, 2.05) is 71.0 Å². The van der Waals surface area contributed by atoms with Gasteiger partial charge in [-0.1, -0.05) is 17.3 Å². The molecule has 0 aliphatic carbocycles. The third-order valence-corrected chi connectivity index (χ3v) is 4.16. The highest BCUT2D eigenvalue weighted by molar-refractivity contribution is 5.97. The second kappa shape index (κ2) is 9.76. The lowest BCUT2D eigenvalue weighted by Crippen LogP contribution is -2.08. The lowest BCUT2D eigenvalue weighted by molar-refractivity contribution is 0.213. The van der Waals surface area contributed by atoms with Crippen LogP contribution < -0.4 is 9.47 Å². The van der Waals surface area contributed by atoms with Crippen LogP contribution in [-0.4, -0.2) is 24.4 Å². The summed E-state index contributed by atoms with van der Waals surface area (Å²) in [6.45, 7) is 10.5. The fourth-order valence-electron chi connectivity index (χ4n) is 2.71. The van der Waals surface area contributed by atoms with Gasteiger partial charge in [-0.25, -0.2) is 0 Å². The number of hydrogen-bond donors (Lipinski definition) is 0. The second-order valence-corrected chi connectivity index (χ2v) is 6.36. The van der Waals surface area contributed by atoms with Crippen LogP contribution in [-0.2, 0) is 4.84 Å². The van der Waals surface area contributed by atoms with Crippen molar-refractivity contribution in [1.82, 2.24) is 4.98 Å². The minimum atomic E-state index is -0.175. The van der Waals surface area contributed by atoms with Crippen molar-refractivity contribution in [2.24, 2.45) is 5.16 Å². The monoisotopic (exact) mass is 368 g/mol. The summed E-state index contributed by atoms with van der Waals surface area (Å²) in [5, 5.41) is 3.92. The number of oxime groups is 1. The molecule has 2 rings (SSSR count). The van der Waals surface area contributed by atoms with Crippen molar-refractivity contribution in [3.05, 3.63) is 65.0 Å². The molecular weight excluding hydrogens is 340 g/mol. The quantitative estimate of drug-likeness (QED) is 0.367. The first-order valence-electron chi connectivity index (χ1n) is 9.02. The zero-order valence-corrected chi connectivity index (χ0v) is 16.9. The Kier molecular flexibility index (Phi) is 7.41. The molecular formula is C22H28N2O3. The van der Waals surface area contributed by atoms with Gasteiger partial charge in [0.1, 0.15) is 31.3 Å². The molecule has 1 aromatic carbocycles. The van der Waals surface area contributed by atoms with Crippen LogP contribution in [0.15, 0.2) is 47.8 Å². The molecule has 0 aliphatic rings. The van der Waals surface area contributed by atoms with Gasteiger partial charge >= 0.3 is 0 Å². The van der Waals surface area contributed by atoms with E-state index in [-0.39, 0.29) is 6.10 Å². The fraction of sp³-hybridized carbons (Fsp3) is 0.364. The van der Waals surface area contributed by atoms with Gasteiger partial charge in [0.25, 0.3) is 0 Å². The number of pyridine rings is 1. The van der Waals surface area contributed by atoms with Crippen molar-refractivity contribution >= 4 is 5.71 Å². The summed E-state index contributed by atoms with van der Waals surface area (Å²) in [5.74, 6) is 1.71. The van der Waals surface area contributed by atoms with Crippen molar-refractivity contribution in [1.29, 1.82) is 0 Å². The number of aryl methyl sites for hydroxylation is 2. The summed E-state index contributed by atoms with van der Waals surface area (Å²) in [5.41, 5.74) is 4.64. The molecule has 1 unspecified atom stereocenters. The Hall–Kier alpha value is -2.82. The Balaban J connectivity index is 2.13. The molecule has 1 heterocycles. The van der Waals surface area contributed by atoms with Crippen molar-refractivity contribution in [3.63, 3.8) is 0 Å². The topological polar surface area (TPSA) is 52.9 Å². The molecule has 0 saturated carbocycles. The molecule has 0 fully saturated rings. The summed E-state index contributed by atoms with van der Waals surface area (Å²) in [6, 6.07) is 7.92. The van der Waals surface area contributed by atoms with Gasteiger partial charge < -0.3 is 14.3 Å². The summed E-state index contributed by atoms with van der Waals surface area (Å²) < 4.78 is 11.9. The average molecular weight is 368 g/mol. The highest BCUT2D eigenvalue weighted by Gasteiger charge is 2.14. The van der Waals surface area contributed by atoms with Crippen LogP contribution in [0.3, 0.4) is 0 Å². The number of rotatable bonds is 8. The van der Waals surface area contributed by atoms with Crippen molar-refractivity contribution < 1.29 is 14.3 Å². The van der Waals surface area contributed by atoms with E-state index in [0.29, 0.717) is 6.61 Å². The molecule has 0 N–H and O–H groups in total. The van der Waals surface area contributed by atoms with E-state index in [0.717, 1.165) is 39.6 Å². The van der Waals surface area contributed by atoms with E-state index in [2.05, 4.69) is 10.1 Å². The maximum Gasteiger partial charge on any atom is 0.138 e. The third kappa shape index (κ3) is 5.58. The zero-order valence-electron chi connectivity index (χ0n) is 16.9. The zero-order chi connectivity index (χ0) is 19.8. The van der Waals surface area contributed by atoms with E-state index >= 15 is 0 Å². The van der Waals surface area contributed by atoms with Gasteiger partial charge in [0.05, 0.1) is 11.4 Å². The number of nitrogens with zero attached hydrogens (tertiary/aromatic N) is 2. The predicted molar refractivity (Wildman–Crippen MR) is 109 cm³/mol. The van der Waals surface area contributed by atoms with Gasteiger partial charge in [0.15, 0.2) is 0 Å². The van der Waals surface area contributed by atoms with E-state index in [1.165, 1.54) is 7.11 Å². The summed E-state index contributed by atoms with van der Waals surface area (Å²) in [7, 11) is 1.53. The standard InChI is InChI=1S/C22H28N2O3/c1-7-8-11-26-20-12-15(2)22(16(3)13-20)27-18(5)21-10-9-19(14-23-21)17(4)24-25-6/h7-10,12-14,18H,11H2,1-6H3/b8-7+,24-17+. The summed E-state index contributed by atoms with van der Waals surface area (Å²) in [6.07, 6.45) is 5.56. The van der Waals surface area contributed by atoms with Crippen LogP contribution in [0.25, 0.3) is 0 Å². The first-order chi connectivity index (χ1) is 13.0. The van der Waals surface area contributed by atoms with Crippen LogP contribution in [0, 0.1) is 13.8 Å². The number of aromatic nitrogens is 1. The minimum absolute atomic E-state index is 0.175. The molecule has 0 spiro atoms. The van der Waals surface area contributed by atoms with Gasteiger partial charge in [-0.15, -0.1) is 0 Å². The molecule has 5 heteroatoms. The minimum Gasteiger partial charge on any atom is -0.490 e. The molecule has 0 radical (unpaired) electrons. The van der Waals surface area contributed by atoms with Gasteiger partial charge in [-0.3, -0.25) is 4.98 Å². The van der Waals surface area contributed by atoms with Gasteiger partial charge in [-0.05, 0) is 70.0 Å². The maximum absolute atomic E-state index is 6.20. The highest BCUT2D eigenvalue weighted by Crippen LogP contribution is 2.31. The van der Waals surface area contributed by atoms with Gasteiger partial charge in [0, 0.05) is 11.8 Å². The fourth-order valence-corrected chi connectivity index (χ4v) is 2.71. The molecule has 5 nitrogen and oxygen atoms in total. The maximum atomic E-state index is 6.20. The molecule has 2 aromatic rings. The largest absolute Gasteiger partial charge is 0.490 e. The van der Waals surface area contributed by atoms with Crippen LogP contribution in [0.4, 0.5) is 0 Å². The molecule has 1 aromatic heterocycles. The van der Waals surface area contributed by atoms with Crippen molar-refractivity contribution in [3.8, 4) is 11.5 Å². The van der Waals surface area contributed by atoms with E-state index < -0.39 is 0 Å². The van der Waals surface area contributed by atoms with E-state index in [9.17, 15) is 0 Å². The normalized spacial score (nSPS) is 12.9. The number of hydrogen-bond acceptors (Lipinski definition) is 5. The molecule has 27 heavy (non-hydrogen) atoms. The second-order valence-electron chi connectivity index (χ2n) is 6.36. The molecule has 0 aliphatic heterocycles. The van der Waals surface area contributed by atoms with E-state index in [4.69, 9.17) is 14.3 Å². The Labute approximate surface area is 161 Å². The molecule has 1 atom stereocenters. The molecule has 0 saturated heterocycles.